The molecule has 0 fully saturated rings. The highest BCUT2D eigenvalue weighted by Gasteiger charge is 2.19. The first-order valence-electron chi connectivity index (χ1n) is 3.21. The molecule has 2 rings (SSSR count). The second-order valence-electron chi connectivity index (χ2n) is 2.20. The molecule has 0 radical (unpaired) electrons. The zero-order valence-corrected chi connectivity index (χ0v) is 6.54. The van der Waals surface area contributed by atoms with Crippen LogP contribution in [0.15, 0.2) is 16.7 Å². The van der Waals surface area contributed by atoms with Crippen molar-refractivity contribution in [1.29, 1.82) is 0 Å². The summed E-state index contributed by atoms with van der Waals surface area (Å²) in [6.45, 7) is 0.550. The van der Waals surface area contributed by atoms with Crippen molar-refractivity contribution in [2.75, 3.05) is 6.61 Å². The molecule has 1 aliphatic rings. The maximum Gasteiger partial charge on any atom is 0.282 e. The lowest BCUT2D eigenvalue weighted by atomic mass is 10.3. The maximum atomic E-state index is 5.34. The zero-order chi connectivity index (χ0) is 7.68. The van der Waals surface area contributed by atoms with Gasteiger partial charge in [0.2, 0.25) is 0 Å². The lowest BCUT2D eigenvalue weighted by Crippen LogP contribution is -2.10. The molecular formula is C6H7N3OS. The largest absolute Gasteiger partial charge is 0.463 e. The fourth-order valence-electron chi connectivity index (χ4n) is 0.928. The zero-order valence-electron chi connectivity index (χ0n) is 5.73. The van der Waals surface area contributed by atoms with E-state index >= 15 is 0 Å². The van der Waals surface area contributed by atoms with Gasteiger partial charge in [0.05, 0.1) is 10.4 Å². The quantitative estimate of drug-likeness (QED) is 0.667. The van der Waals surface area contributed by atoms with Gasteiger partial charge in [-0.05, 0) is 0 Å². The number of ether oxygens (including phenoxy) is 1. The fraction of sp³-hybridized carbons (Fsp3) is 0.333. The van der Waals surface area contributed by atoms with E-state index in [2.05, 4.69) is 9.98 Å². The Bertz CT molecular complexity index is 269. The minimum atomic E-state index is 0.0718. The highest BCUT2D eigenvalue weighted by atomic mass is 32.1. The van der Waals surface area contributed by atoms with Crippen LogP contribution in [-0.4, -0.2) is 17.6 Å². The van der Waals surface area contributed by atoms with Crippen LogP contribution in [0.3, 0.4) is 0 Å². The maximum absolute atomic E-state index is 5.34. The van der Waals surface area contributed by atoms with Crippen LogP contribution in [-0.2, 0) is 4.74 Å². The topological polar surface area (TPSA) is 60.5 Å². The van der Waals surface area contributed by atoms with Crippen LogP contribution in [0.1, 0.15) is 10.9 Å². The molecule has 1 aliphatic heterocycles. The van der Waals surface area contributed by atoms with Crippen molar-refractivity contribution < 1.29 is 4.74 Å². The van der Waals surface area contributed by atoms with Crippen molar-refractivity contribution in [2.24, 2.45) is 10.7 Å². The number of hydrogen-bond acceptors (Lipinski definition) is 5. The van der Waals surface area contributed by atoms with E-state index in [4.69, 9.17) is 10.5 Å². The van der Waals surface area contributed by atoms with Gasteiger partial charge in [-0.1, -0.05) is 0 Å². The first-order chi connectivity index (χ1) is 5.36. The predicted octanol–water partition coefficient (Wildman–Crippen LogP) is 0.529. The molecule has 1 unspecified atom stereocenters. The smallest absolute Gasteiger partial charge is 0.282 e. The predicted molar refractivity (Wildman–Crippen MR) is 42.4 cm³/mol. The number of hydrogen-bond donors (Lipinski definition) is 1. The van der Waals surface area contributed by atoms with Crippen LogP contribution in [0, 0.1) is 0 Å². The lowest BCUT2D eigenvalue weighted by molar-refractivity contribution is 0.316. The Kier molecular flexibility index (Phi) is 1.50. The number of nitrogens with two attached hydrogens (primary N) is 1. The lowest BCUT2D eigenvalue weighted by Gasteiger charge is -1.97. The third kappa shape index (κ3) is 1.19. The molecule has 4 nitrogen and oxygen atoms in total. The highest BCUT2D eigenvalue weighted by molar-refractivity contribution is 7.09. The van der Waals surface area contributed by atoms with E-state index in [-0.39, 0.29) is 12.1 Å². The van der Waals surface area contributed by atoms with Crippen LogP contribution in [0.25, 0.3) is 0 Å². The molecule has 1 atom stereocenters. The number of aromatic nitrogens is 1. The third-order valence-corrected chi connectivity index (χ3v) is 2.33. The van der Waals surface area contributed by atoms with Crippen molar-refractivity contribution in [3.63, 3.8) is 0 Å². The minimum absolute atomic E-state index is 0.0718. The number of nitrogens with zero attached hydrogens (tertiary/aromatic N) is 2. The molecule has 58 valence electrons. The summed E-state index contributed by atoms with van der Waals surface area (Å²) in [6, 6.07) is 0.353. The van der Waals surface area contributed by atoms with Gasteiger partial charge in [-0.25, -0.2) is 4.99 Å². The molecule has 0 bridgehead atoms. The molecule has 0 aromatic carbocycles. The summed E-state index contributed by atoms with van der Waals surface area (Å²) in [4.78, 5) is 9.12. The molecular weight excluding hydrogens is 162 g/mol. The van der Waals surface area contributed by atoms with Crippen LogP contribution < -0.4 is 5.73 Å². The molecule has 0 aliphatic carbocycles. The molecule has 0 saturated carbocycles. The molecule has 0 amide bonds. The van der Waals surface area contributed by atoms with Crippen LogP contribution in [0.5, 0.6) is 0 Å². The van der Waals surface area contributed by atoms with Crippen LogP contribution in [0.4, 0.5) is 0 Å². The average Bonchev–Trinajstić information content (AvgIpc) is 2.55. The Morgan fingerprint density at radius 1 is 1.73 bits per heavy atom. The van der Waals surface area contributed by atoms with Crippen molar-refractivity contribution in [3.05, 3.63) is 16.6 Å². The van der Waals surface area contributed by atoms with Gasteiger partial charge in [-0.2, -0.15) is 0 Å². The summed E-state index contributed by atoms with van der Waals surface area (Å²) in [6.07, 6.45) is 1.79. The summed E-state index contributed by atoms with van der Waals surface area (Å²) in [5.74, 6) is 0. The Morgan fingerprint density at radius 2 is 2.64 bits per heavy atom. The molecule has 11 heavy (non-hydrogen) atoms. The number of amidine groups is 1. The van der Waals surface area contributed by atoms with E-state index in [0.29, 0.717) is 6.61 Å². The Labute approximate surface area is 67.7 Å². The van der Waals surface area contributed by atoms with Crippen LogP contribution >= 0.6 is 11.3 Å². The number of aliphatic imine (C=N–C) groups is 1. The van der Waals surface area contributed by atoms with E-state index in [0.717, 1.165) is 4.88 Å². The van der Waals surface area contributed by atoms with Gasteiger partial charge >= 0.3 is 0 Å². The monoisotopic (exact) mass is 169 g/mol. The number of thiazole rings is 1. The second-order valence-corrected chi connectivity index (χ2v) is 3.12. The molecule has 2 N–H and O–H groups in total. The summed E-state index contributed by atoms with van der Waals surface area (Å²) in [5.41, 5.74) is 7.12. The van der Waals surface area contributed by atoms with E-state index in [1.165, 1.54) is 0 Å². The van der Waals surface area contributed by atoms with Crippen LogP contribution in [0.2, 0.25) is 0 Å². The minimum Gasteiger partial charge on any atom is -0.463 e. The third-order valence-electron chi connectivity index (χ3n) is 1.45. The number of rotatable bonds is 1. The Morgan fingerprint density at radius 3 is 3.18 bits per heavy atom. The van der Waals surface area contributed by atoms with Crippen molar-refractivity contribution in [3.8, 4) is 0 Å². The summed E-state index contributed by atoms with van der Waals surface area (Å²) in [7, 11) is 0. The summed E-state index contributed by atoms with van der Waals surface area (Å²) < 4.78 is 5.00. The first-order valence-corrected chi connectivity index (χ1v) is 4.08. The fourth-order valence-corrected chi connectivity index (χ4v) is 1.57. The van der Waals surface area contributed by atoms with E-state index in [9.17, 15) is 0 Å². The SMILES string of the molecule is NC1=NC(c2cncs2)CO1. The van der Waals surface area contributed by atoms with Gasteiger partial charge in [0.15, 0.2) is 0 Å². The molecule has 0 saturated heterocycles. The summed E-state index contributed by atoms with van der Waals surface area (Å²) >= 11 is 1.57. The van der Waals surface area contributed by atoms with Gasteiger partial charge in [-0.15, -0.1) is 11.3 Å². The standard InChI is InChI=1S/C6H7N3OS/c7-6-9-4(2-10-6)5-1-8-3-11-5/h1,3-4H,2H2,(H2,7,9). The van der Waals surface area contributed by atoms with E-state index < -0.39 is 0 Å². The second kappa shape index (κ2) is 2.50. The Hall–Kier alpha value is -1.10. The molecule has 0 spiro atoms. The van der Waals surface area contributed by atoms with Gasteiger partial charge in [0, 0.05) is 6.20 Å². The van der Waals surface area contributed by atoms with Gasteiger partial charge in [-0.3, -0.25) is 4.98 Å². The van der Waals surface area contributed by atoms with Crippen molar-refractivity contribution >= 4 is 17.4 Å². The highest BCUT2D eigenvalue weighted by Crippen LogP contribution is 2.24. The molecule has 5 heteroatoms. The molecule has 1 aromatic heterocycles. The van der Waals surface area contributed by atoms with Gasteiger partial charge in [0.25, 0.3) is 6.02 Å². The Balaban J connectivity index is 2.20. The summed E-state index contributed by atoms with van der Waals surface area (Å²) in [5, 5.41) is 0. The van der Waals surface area contributed by atoms with Crippen molar-refractivity contribution in [1.82, 2.24) is 4.98 Å². The average molecular weight is 169 g/mol. The molecule has 1 aromatic rings. The first kappa shape index (κ1) is 6.60. The normalized spacial score (nSPS) is 22.9. The van der Waals surface area contributed by atoms with Crippen molar-refractivity contribution in [2.45, 2.75) is 6.04 Å². The van der Waals surface area contributed by atoms with Gasteiger partial charge in [0.1, 0.15) is 12.6 Å². The molecule has 2 heterocycles. The van der Waals surface area contributed by atoms with E-state index in [1.54, 1.807) is 23.0 Å². The van der Waals surface area contributed by atoms with Gasteiger partial charge < -0.3 is 10.5 Å². The van der Waals surface area contributed by atoms with E-state index in [1.807, 2.05) is 0 Å².